The zero-order valence-electron chi connectivity index (χ0n) is 21.1. The number of piperazine rings is 1. The fourth-order valence-corrected chi connectivity index (χ4v) is 5.21. The summed E-state index contributed by atoms with van der Waals surface area (Å²) in [6.45, 7) is 5.49. The largest absolute Gasteiger partial charge is 0.369 e. The molecule has 9 heteroatoms. The summed E-state index contributed by atoms with van der Waals surface area (Å²) in [6.07, 6.45) is 0. The minimum absolute atomic E-state index is 0.159. The first-order valence-electron chi connectivity index (χ1n) is 12.7. The van der Waals surface area contributed by atoms with Gasteiger partial charge in [-0.05, 0) is 70.8 Å². The number of para-hydroxylation sites is 1. The highest BCUT2D eigenvalue weighted by atomic mass is 19.1. The number of pyridine rings is 1. The fourth-order valence-electron chi connectivity index (χ4n) is 5.21. The predicted molar refractivity (Wildman–Crippen MR) is 145 cm³/mol. The number of H-pyrrole nitrogens is 1. The molecule has 3 aromatic carbocycles. The van der Waals surface area contributed by atoms with Crippen LogP contribution in [0.25, 0.3) is 10.9 Å². The van der Waals surface area contributed by atoms with Crippen molar-refractivity contribution < 1.29 is 4.39 Å². The average molecular weight is 510 g/mol. The number of anilines is 1. The van der Waals surface area contributed by atoms with Gasteiger partial charge in [-0.25, -0.2) is 9.07 Å². The molecule has 5 aromatic rings. The molecule has 38 heavy (non-hydrogen) atoms. The first-order valence-corrected chi connectivity index (χ1v) is 12.7. The van der Waals surface area contributed by atoms with Crippen LogP contribution >= 0.6 is 0 Å². The van der Waals surface area contributed by atoms with Crippen LogP contribution in [0.2, 0.25) is 0 Å². The molecule has 1 saturated heterocycles. The number of benzene rings is 3. The lowest BCUT2D eigenvalue weighted by Gasteiger charge is -2.39. The van der Waals surface area contributed by atoms with E-state index in [9.17, 15) is 9.18 Å². The monoisotopic (exact) mass is 509 g/mol. The third kappa shape index (κ3) is 4.80. The Morgan fingerprint density at radius 1 is 0.947 bits per heavy atom. The van der Waals surface area contributed by atoms with Crippen LogP contribution in [0.15, 0.2) is 83.7 Å². The number of aryl methyl sites for hydroxylation is 1. The van der Waals surface area contributed by atoms with E-state index >= 15 is 0 Å². The van der Waals surface area contributed by atoms with Crippen molar-refractivity contribution >= 4 is 16.6 Å². The Balaban J connectivity index is 1.39. The molecule has 0 aliphatic carbocycles. The van der Waals surface area contributed by atoms with Gasteiger partial charge in [-0.2, -0.15) is 0 Å². The van der Waals surface area contributed by atoms with E-state index in [1.807, 2.05) is 43.3 Å². The smallest absolute Gasteiger partial charge is 0.253 e. The van der Waals surface area contributed by atoms with Crippen molar-refractivity contribution in [1.82, 2.24) is 30.1 Å². The molecule has 1 aliphatic heterocycles. The second kappa shape index (κ2) is 10.2. The Labute approximate surface area is 219 Å². The molecule has 6 rings (SSSR count). The Bertz CT molecular complexity index is 1610. The van der Waals surface area contributed by atoms with Crippen molar-refractivity contribution in [3.8, 4) is 0 Å². The molecule has 192 valence electrons. The highest BCUT2D eigenvalue weighted by Gasteiger charge is 2.32. The second-order valence-electron chi connectivity index (χ2n) is 9.73. The molecule has 0 unspecified atom stereocenters. The Hall–Kier alpha value is -4.37. The normalized spacial score (nSPS) is 15.2. The van der Waals surface area contributed by atoms with Gasteiger partial charge in [0, 0.05) is 42.9 Å². The summed E-state index contributed by atoms with van der Waals surface area (Å²) in [7, 11) is 0. The maximum Gasteiger partial charge on any atom is 0.253 e. The maximum absolute atomic E-state index is 13.5. The minimum Gasteiger partial charge on any atom is -0.369 e. The molecule has 3 heterocycles. The summed E-state index contributed by atoms with van der Waals surface area (Å²) in [5.74, 6) is 0.290. The molecule has 0 amide bonds. The number of hydrogen-bond donors (Lipinski definition) is 1. The molecule has 1 aliphatic rings. The van der Waals surface area contributed by atoms with Gasteiger partial charge in [0.2, 0.25) is 0 Å². The van der Waals surface area contributed by atoms with Crippen LogP contribution in [0.3, 0.4) is 0 Å². The van der Waals surface area contributed by atoms with Crippen molar-refractivity contribution in [1.29, 1.82) is 0 Å². The molecule has 0 spiro atoms. The molecular weight excluding hydrogens is 481 g/mol. The van der Waals surface area contributed by atoms with Gasteiger partial charge < -0.3 is 9.88 Å². The van der Waals surface area contributed by atoms with Crippen LogP contribution in [-0.2, 0) is 6.54 Å². The molecule has 8 nitrogen and oxygen atoms in total. The number of rotatable bonds is 6. The van der Waals surface area contributed by atoms with Gasteiger partial charge in [-0.15, -0.1) is 5.10 Å². The first kappa shape index (κ1) is 24.0. The highest BCUT2D eigenvalue weighted by Crippen LogP contribution is 2.29. The predicted octanol–water partition coefficient (Wildman–Crippen LogP) is 3.92. The summed E-state index contributed by atoms with van der Waals surface area (Å²) < 4.78 is 15.2. The Morgan fingerprint density at radius 3 is 2.47 bits per heavy atom. The standard InChI is InChI=1S/C29H28FN7O/c1-20-7-12-26-22(17-20)18-25(29(38)31-26)27(36-15-13-35(14-16-36)24-5-3-2-4-6-24)28-32-33-34-37(28)19-21-8-10-23(30)11-9-21/h2-12,17-18,27H,13-16,19H2,1H3,(H,31,38)/t27-/m1/s1. The molecule has 0 radical (unpaired) electrons. The third-order valence-corrected chi connectivity index (χ3v) is 7.17. The van der Waals surface area contributed by atoms with Crippen LogP contribution < -0.4 is 10.5 Å². The molecule has 1 N–H and O–H groups in total. The second-order valence-corrected chi connectivity index (χ2v) is 9.73. The highest BCUT2D eigenvalue weighted by molar-refractivity contribution is 5.79. The minimum atomic E-state index is -0.447. The number of hydrogen-bond acceptors (Lipinski definition) is 6. The van der Waals surface area contributed by atoms with E-state index in [2.05, 4.69) is 48.5 Å². The van der Waals surface area contributed by atoms with E-state index in [0.717, 1.165) is 48.2 Å². The number of nitrogens with zero attached hydrogens (tertiary/aromatic N) is 6. The van der Waals surface area contributed by atoms with Crippen molar-refractivity contribution in [3.05, 3.63) is 118 Å². The van der Waals surface area contributed by atoms with Gasteiger partial charge in [0.05, 0.1) is 6.54 Å². The summed E-state index contributed by atoms with van der Waals surface area (Å²) in [6, 6.07) is 24.2. The molecule has 0 saturated carbocycles. The first-order chi connectivity index (χ1) is 18.5. The quantitative estimate of drug-likeness (QED) is 0.374. The van der Waals surface area contributed by atoms with E-state index in [-0.39, 0.29) is 11.4 Å². The van der Waals surface area contributed by atoms with Crippen LogP contribution in [0.5, 0.6) is 0 Å². The molecule has 1 atom stereocenters. The van der Waals surface area contributed by atoms with Gasteiger partial charge >= 0.3 is 0 Å². The number of tetrazole rings is 1. The SMILES string of the molecule is Cc1ccc2[nH]c(=O)c([C@H](c3nnnn3Cc3ccc(F)cc3)N3CCN(c4ccccc4)CC3)cc2c1. The fraction of sp³-hybridized carbons (Fsp3) is 0.241. The van der Waals surface area contributed by atoms with Gasteiger partial charge in [-0.3, -0.25) is 9.69 Å². The lowest BCUT2D eigenvalue weighted by atomic mass is 10.0. The van der Waals surface area contributed by atoms with E-state index in [0.29, 0.717) is 17.9 Å². The summed E-state index contributed by atoms with van der Waals surface area (Å²) in [5, 5.41) is 13.6. The average Bonchev–Trinajstić information content (AvgIpc) is 3.39. The van der Waals surface area contributed by atoms with Crippen molar-refractivity contribution in [2.45, 2.75) is 19.5 Å². The van der Waals surface area contributed by atoms with Crippen LogP contribution in [0.4, 0.5) is 10.1 Å². The van der Waals surface area contributed by atoms with Crippen molar-refractivity contribution in [2.24, 2.45) is 0 Å². The van der Waals surface area contributed by atoms with E-state index < -0.39 is 6.04 Å². The Kier molecular flexibility index (Phi) is 6.43. The Morgan fingerprint density at radius 2 is 1.71 bits per heavy atom. The van der Waals surface area contributed by atoms with E-state index in [1.54, 1.807) is 16.8 Å². The topological polar surface area (TPSA) is 82.9 Å². The lowest BCUT2D eigenvalue weighted by molar-refractivity contribution is 0.200. The summed E-state index contributed by atoms with van der Waals surface area (Å²) in [4.78, 5) is 21.2. The van der Waals surface area contributed by atoms with E-state index in [4.69, 9.17) is 0 Å². The van der Waals surface area contributed by atoms with Crippen molar-refractivity contribution in [3.63, 3.8) is 0 Å². The van der Waals surface area contributed by atoms with Gasteiger partial charge in [0.1, 0.15) is 11.9 Å². The summed E-state index contributed by atoms with van der Waals surface area (Å²) >= 11 is 0. The molecular formula is C29H28FN7O. The number of aromatic nitrogens is 5. The zero-order chi connectivity index (χ0) is 26.1. The number of aromatic amines is 1. The summed E-state index contributed by atoms with van der Waals surface area (Å²) in [5.41, 5.74) is 4.41. The van der Waals surface area contributed by atoms with Crippen LogP contribution in [0, 0.1) is 12.7 Å². The van der Waals surface area contributed by atoms with Crippen LogP contribution in [-0.4, -0.2) is 56.3 Å². The van der Waals surface area contributed by atoms with Gasteiger partial charge in [-0.1, -0.05) is 42.0 Å². The zero-order valence-corrected chi connectivity index (χ0v) is 21.1. The lowest BCUT2D eigenvalue weighted by Crippen LogP contribution is -2.49. The van der Waals surface area contributed by atoms with Crippen molar-refractivity contribution in [2.75, 3.05) is 31.1 Å². The number of halogens is 1. The number of nitrogens with one attached hydrogen (secondary N) is 1. The molecule has 2 aromatic heterocycles. The van der Waals surface area contributed by atoms with E-state index in [1.165, 1.54) is 17.8 Å². The molecule has 0 bridgehead atoms. The molecule has 1 fully saturated rings. The maximum atomic E-state index is 13.5. The third-order valence-electron chi connectivity index (χ3n) is 7.17. The van der Waals surface area contributed by atoms with Crippen LogP contribution in [0.1, 0.15) is 28.6 Å². The van der Waals surface area contributed by atoms with Gasteiger partial charge in [0.25, 0.3) is 5.56 Å². The van der Waals surface area contributed by atoms with Gasteiger partial charge in [0.15, 0.2) is 5.82 Å². The number of fused-ring (bicyclic) bond motifs is 1.